The standard InChI is InChI=1S/C17H18N2O3/c1-3-16(20)18-13-8-7-11-15(12-13)22-17(21)19(2)14-9-5-4-6-10-14/h4-12H,3H2,1-2H3,(H,18,20). The van der Waals surface area contributed by atoms with Gasteiger partial charge < -0.3 is 10.1 Å². The van der Waals surface area contributed by atoms with Crippen LogP contribution in [0, 0.1) is 0 Å². The molecule has 2 rings (SSSR count). The summed E-state index contributed by atoms with van der Waals surface area (Å²) in [6.45, 7) is 1.77. The Labute approximate surface area is 129 Å². The molecule has 22 heavy (non-hydrogen) atoms. The van der Waals surface area contributed by atoms with Crippen LogP contribution in [-0.4, -0.2) is 19.0 Å². The molecule has 0 saturated carbocycles. The van der Waals surface area contributed by atoms with Gasteiger partial charge in [0.25, 0.3) is 0 Å². The van der Waals surface area contributed by atoms with Crippen molar-refractivity contribution in [3.8, 4) is 5.75 Å². The number of rotatable bonds is 4. The van der Waals surface area contributed by atoms with Crippen molar-refractivity contribution in [1.82, 2.24) is 0 Å². The zero-order chi connectivity index (χ0) is 15.9. The minimum atomic E-state index is -0.495. The van der Waals surface area contributed by atoms with Gasteiger partial charge in [-0.05, 0) is 24.3 Å². The number of amides is 2. The van der Waals surface area contributed by atoms with E-state index in [9.17, 15) is 9.59 Å². The molecule has 114 valence electrons. The second kappa shape index (κ2) is 7.26. The van der Waals surface area contributed by atoms with E-state index in [-0.39, 0.29) is 5.91 Å². The zero-order valence-electron chi connectivity index (χ0n) is 12.6. The first-order valence-electron chi connectivity index (χ1n) is 7.00. The Hall–Kier alpha value is -2.82. The molecule has 0 radical (unpaired) electrons. The highest BCUT2D eigenvalue weighted by molar-refractivity contribution is 5.91. The van der Waals surface area contributed by atoms with Gasteiger partial charge in [0.15, 0.2) is 0 Å². The van der Waals surface area contributed by atoms with Crippen LogP contribution in [0.1, 0.15) is 13.3 Å². The summed E-state index contributed by atoms with van der Waals surface area (Å²) in [5, 5.41) is 2.72. The summed E-state index contributed by atoms with van der Waals surface area (Å²) >= 11 is 0. The van der Waals surface area contributed by atoms with Crippen molar-refractivity contribution in [2.24, 2.45) is 0 Å². The van der Waals surface area contributed by atoms with Crippen molar-refractivity contribution >= 4 is 23.4 Å². The summed E-state index contributed by atoms with van der Waals surface area (Å²) in [6, 6.07) is 16.0. The number of anilines is 2. The Morgan fingerprint density at radius 1 is 1.09 bits per heavy atom. The molecule has 0 aliphatic carbocycles. The third kappa shape index (κ3) is 4.09. The molecule has 0 aromatic heterocycles. The highest BCUT2D eigenvalue weighted by atomic mass is 16.6. The summed E-state index contributed by atoms with van der Waals surface area (Å²) in [5.74, 6) is 0.284. The Balaban J connectivity index is 2.05. The van der Waals surface area contributed by atoms with Gasteiger partial charge in [-0.15, -0.1) is 0 Å². The molecule has 0 spiro atoms. The van der Waals surface area contributed by atoms with Crippen LogP contribution < -0.4 is 15.0 Å². The average Bonchev–Trinajstić information content (AvgIpc) is 2.55. The fourth-order valence-electron chi connectivity index (χ4n) is 1.81. The Kier molecular flexibility index (Phi) is 5.14. The normalized spacial score (nSPS) is 9.91. The molecule has 5 nitrogen and oxygen atoms in total. The molecule has 0 unspecified atom stereocenters. The van der Waals surface area contributed by atoms with E-state index in [2.05, 4.69) is 5.32 Å². The van der Waals surface area contributed by atoms with E-state index in [4.69, 9.17) is 4.74 Å². The zero-order valence-corrected chi connectivity index (χ0v) is 12.6. The van der Waals surface area contributed by atoms with Crippen LogP contribution in [0.2, 0.25) is 0 Å². The van der Waals surface area contributed by atoms with Gasteiger partial charge in [-0.2, -0.15) is 0 Å². The number of carbonyl (C=O) groups excluding carboxylic acids is 2. The van der Waals surface area contributed by atoms with E-state index < -0.39 is 6.09 Å². The second-order valence-electron chi connectivity index (χ2n) is 4.69. The fourth-order valence-corrected chi connectivity index (χ4v) is 1.81. The maximum absolute atomic E-state index is 12.1. The predicted molar refractivity (Wildman–Crippen MR) is 86.2 cm³/mol. The number of nitrogens with zero attached hydrogens (tertiary/aromatic N) is 1. The summed E-state index contributed by atoms with van der Waals surface area (Å²) in [5.41, 5.74) is 1.34. The SMILES string of the molecule is CCC(=O)Nc1cccc(OC(=O)N(C)c2ccccc2)c1. The lowest BCUT2D eigenvalue weighted by molar-refractivity contribution is -0.115. The third-order valence-corrected chi connectivity index (χ3v) is 3.06. The number of para-hydroxylation sites is 1. The lowest BCUT2D eigenvalue weighted by Crippen LogP contribution is -2.29. The molecule has 2 aromatic carbocycles. The smallest absolute Gasteiger partial charge is 0.410 e. The van der Waals surface area contributed by atoms with Crippen molar-refractivity contribution in [2.45, 2.75) is 13.3 Å². The maximum atomic E-state index is 12.1. The number of hydrogen-bond donors (Lipinski definition) is 1. The lowest BCUT2D eigenvalue weighted by Gasteiger charge is -2.17. The molecule has 5 heteroatoms. The molecule has 0 saturated heterocycles. The third-order valence-electron chi connectivity index (χ3n) is 3.06. The van der Waals surface area contributed by atoms with E-state index in [0.717, 1.165) is 5.69 Å². The van der Waals surface area contributed by atoms with E-state index in [1.807, 2.05) is 30.3 Å². The summed E-state index contributed by atoms with van der Waals surface area (Å²) in [7, 11) is 1.64. The molecule has 2 amide bonds. The van der Waals surface area contributed by atoms with Crippen molar-refractivity contribution < 1.29 is 14.3 Å². The van der Waals surface area contributed by atoms with E-state index in [1.165, 1.54) is 4.90 Å². The monoisotopic (exact) mass is 298 g/mol. The van der Waals surface area contributed by atoms with Crippen molar-refractivity contribution in [3.63, 3.8) is 0 Å². The van der Waals surface area contributed by atoms with E-state index in [1.54, 1.807) is 38.2 Å². The van der Waals surface area contributed by atoms with Gasteiger partial charge in [0, 0.05) is 30.9 Å². The molecule has 0 fully saturated rings. The fraction of sp³-hybridized carbons (Fsp3) is 0.176. The number of carbonyl (C=O) groups is 2. The molecule has 0 heterocycles. The number of nitrogens with one attached hydrogen (secondary N) is 1. The van der Waals surface area contributed by atoms with Gasteiger partial charge in [0.2, 0.25) is 5.91 Å². The van der Waals surface area contributed by atoms with Gasteiger partial charge in [-0.1, -0.05) is 31.2 Å². The molecule has 0 bridgehead atoms. The van der Waals surface area contributed by atoms with Gasteiger partial charge in [-0.25, -0.2) is 4.79 Å². The van der Waals surface area contributed by atoms with E-state index >= 15 is 0 Å². The molecule has 0 atom stereocenters. The average molecular weight is 298 g/mol. The number of hydrogen-bond acceptors (Lipinski definition) is 3. The Bertz CT molecular complexity index is 656. The molecule has 1 N–H and O–H groups in total. The summed E-state index contributed by atoms with van der Waals surface area (Å²) in [4.78, 5) is 24.9. The first-order chi connectivity index (χ1) is 10.6. The minimum Gasteiger partial charge on any atom is -0.410 e. The quantitative estimate of drug-likeness (QED) is 0.937. The minimum absolute atomic E-state index is 0.0927. The molecule has 0 aliphatic rings. The van der Waals surface area contributed by atoms with Crippen LogP contribution in [0.4, 0.5) is 16.2 Å². The highest BCUT2D eigenvalue weighted by Crippen LogP contribution is 2.19. The van der Waals surface area contributed by atoms with Crippen LogP contribution in [0.15, 0.2) is 54.6 Å². The van der Waals surface area contributed by atoms with Gasteiger partial charge >= 0.3 is 6.09 Å². The molecule has 0 aliphatic heterocycles. The predicted octanol–water partition coefficient (Wildman–Crippen LogP) is 3.67. The topological polar surface area (TPSA) is 58.6 Å². The van der Waals surface area contributed by atoms with Crippen molar-refractivity contribution in [1.29, 1.82) is 0 Å². The van der Waals surface area contributed by atoms with Crippen molar-refractivity contribution in [3.05, 3.63) is 54.6 Å². The van der Waals surface area contributed by atoms with Crippen LogP contribution >= 0.6 is 0 Å². The number of benzene rings is 2. The first kappa shape index (κ1) is 15.6. The van der Waals surface area contributed by atoms with Crippen LogP contribution in [0.5, 0.6) is 5.75 Å². The van der Waals surface area contributed by atoms with Crippen molar-refractivity contribution in [2.75, 3.05) is 17.3 Å². The van der Waals surface area contributed by atoms with E-state index in [0.29, 0.717) is 17.9 Å². The molecule has 2 aromatic rings. The molecular formula is C17H18N2O3. The first-order valence-corrected chi connectivity index (χ1v) is 7.00. The maximum Gasteiger partial charge on any atom is 0.419 e. The summed E-state index contributed by atoms with van der Waals surface area (Å²) < 4.78 is 5.32. The Morgan fingerprint density at radius 2 is 1.82 bits per heavy atom. The van der Waals surface area contributed by atoms with Crippen LogP contribution in [-0.2, 0) is 4.79 Å². The lowest BCUT2D eigenvalue weighted by atomic mass is 10.3. The highest BCUT2D eigenvalue weighted by Gasteiger charge is 2.13. The molecular weight excluding hydrogens is 280 g/mol. The number of ether oxygens (including phenoxy) is 1. The second-order valence-corrected chi connectivity index (χ2v) is 4.69. The van der Waals surface area contributed by atoms with Gasteiger partial charge in [0.05, 0.1) is 0 Å². The Morgan fingerprint density at radius 3 is 2.50 bits per heavy atom. The van der Waals surface area contributed by atoms with Crippen LogP contribution in [0.3, 0.4) is 0 Å². The van der Waals surface area contributed by atoms with Crippen LogP contribution in [0.25, 0.3) is 0 Å². The van der Waals surface area contributed by atoms with Gasteiger partial charge in [-0.3, -0.25) is 9.69 Å². The van der Waals surface area contributed by atoms with Gasteiger partial charge in [0.1, 0.15) is 5.75 Å². The summed E-state index contributed by atoms with van der Waals surface area (Å²) in [6.07, 6.45) is -0.106. The largest absolute Gasteiger partial charge is 0.419 e.